The van der Waals surface area contributed by atoms with Gasteiger partial charge in [0.05, 0.1) is 10.0 Å². The Morgan fingerprint density at radius 2 is 2.04 bits per heavy atom. The van der Waals surface area contributed by atoms with Crippen LogP contribution in [-0.2, 0) is 4.74 Å². The largest absolute Gasteiger partial charge is 0.381 e. The summed E-state index contributed by atoms with van der Waals surface area (Å²) in [6.07, 6.45) is 1.79. The quantitative estimate of drug-likeness (QED) is 0.805. The van der Waals surface area contributed by atoms with Crippen molar-refractivity contribution in [2.75, 3.05) is 33.9 Å². The van der Waals surface area contributed by atoms with Crippen molar-refractivity contribution in [3.05, 3.63) is 39.3 Å². The van der Waals surface area contributed by atoms with Crippen molar-refractivity contribution < 1.29 is 9.53 Å². The van der Waals surface area contributed by atoms with Crippen LogP contribution in [0.2, 0.25) is 10.0 Å². The highest BCUT2D eigenvalue weighted by Gasteiger charge is 2.35. The summed E-state index contributed by atoms with van der Waals surface area (Å²) < 4.78 is 5.47. The summed E-state index contributed by atoms with van der Waals surface area (Å²) in [6, 6.07) is 5.33. The molecular weight excluding hydrogens is 393 g/mol. The van der Waals surface area contributed by atoms with Crippen LogP contribution in [0, 0.1) is 0 Å². The van der Waals surface area contributed by atoms with E-state index in [9.17, 15) is 4.79 Å². The molecule has 140 valence electrons. The second kappa shape index (κ2) is 8.23. The van der Waals surface area contributed by atoms with Gasteiger partial charge in [0.1, 0.15) is 10.7 Å². The van der Waals surface area contributed by atoms with Gasteiger partial charge in [-0.05, 0) is 39.1 Å². The third-order valence-electron chi connectivity index (χ3n) is 4.85. The minimum absolute atomic E-state index is 0.0730. The molecule has 0 unspecified atom stereocenters. The second-order valence-electron chi connectivity index (χ2n) is 6.58. The summed E-state index contributed by atoms with van der Waals surface area (Å²) >= 11 is 13.4. The highest BCUT2D eigenvalue weighted by atomic mass is 35.5. The van der Waals surface area contributed by atoms with Crippen molar-refractivity contribution in [2.45, 2.75) is 18.4 Å². The van der Waals surface area contributed by atoms with Gasteiger partial charge >= 0.3 is 0 Å². The van der Waals surface area contributed by atoms with Gasteiger partial charge in [-0.3, -0.25) is 4.79 Å². The first-order valence-electron chi connectivity index (χ1n) is 8.36. The van der Waals surface area contributed by atoms with Crippen LogP contribution in [0.15, 0.2) is 23.6 Å². The Kier molecular flexibility index (Phi) is 6.20. The number of thiazole rings is 1. The molecule has 1 aliphatic rings. The highest BCUT2D eigenvalue weighted by Crippen LogP contribution is 2.30. The van der Waals surface area contributed by atoms with Gasteiger partial charge in [-0.25, -0.2) is 4.98 Å². The number of nitrogens with one attached hydrogen (secondary N) is 1. The number of amides is 1. The number of likely N-dealkylation sites (N-methyl/N-ethyl adjacent to an activating group) is 1. The average Bonchev–Trinajstić information content (AvgIpc) is 3.13. The van der Waals surface area contributed by atoms with E-state index in [-0.39, 0.29) is 11.4 Å². The maximum Gasteiger partial charge on any atom is 0.270 e. The molecule has 0 bridgehead atoms. The molecule has 1 aromatic heterocycles. The molecule has 0 saturated carbocycles. The molecule has 0 radical (unpaired) electrons. The van der Waals surface area contributed by atoms with E-state index in [2.05, 4.69) is 15.2 Å². The molecule has 3 rings (SSSR count). The van der Waals surface area contributed by atoms with Crippen LogP contribution in [0.3, 0.4) is 0 Å². The first kappa shape index (κ1) is 19.6. The van der Waals surface area contributed by atoms with Gasteiger partial charge in [-0.15, -0.1) is 11.3 Å². The van der Waals surface area contributed by atoms with Crippen LogP contribution in [0.4, 0.5) is 0 Å². The van der Waals surface area contributed by atoms with Crippen LogP contribution in [0.1, 0.15) is 23.3 Å². The van der Waals surface area contributed by atoms with E-state index < -0.39 is 0 Å². The fourth-order valence-electron chi connectivity index (χ4n) is 3.01. The van der Waals surface area contributed by atoms with Crippen molar-refractivity contribution >= 4 is 40.4 Å². The predicted octanol–water partition coefficient (Wildman–Crippen LogP) is 3.96. The summed E-state index contributed by atoms with van der Waals surface area (Å²) in [5.74, 6) is -0.166. The smallest absolute Gasteiger partial charge is 0.270 e. The van der Waals surface area contributed by atoms with E-state index >= 15 is 0 Å². The van der Waals surface area contributed by atoms with Gasteiger partial charge in [0.25, 0.3) is 5.91 Å². The standard InChI is InChI=1S/C18H21Cl2N3O2S/c1-23(2)18(5-7-25-8-6-18)11-21-16(24)15-10-26-17(22-15)12-3-4-13(19)14(20)9-12/h3-4,9-10H,5-8,11H2,1-2H3,(H,21,24). The van der Waals surface area contributed by atoms with Crippen LogP contribution in [0.5, 0.6) is 0 Å². The third-order valence-corrected chi connectivity index (χ3v) is 6.48. The predicted molar refractivity (Wildman–Crippen MR) is 106 cm³/mol. The molecule has 1 fully saturated rings. The SMILES string of the molecule is CN(C)C1(CNC(=O)c2csc(-c3ccc(Cl)c(Cl)c3)n2)CCOCC1. The maximum absolute atomic E-state index is 12.6. The fourth-order valence-corrected chi connectivity index (χ4v) is 4.10. The number of nitrogens with zero attached hydrogens (tertiary/aromatic N) is 2. The normalized spacial score (nSPS) is 16.7. The number of halogens is 2. The molecule has 26 heavy (non-hydrogen) atoms. The lowest BCUT2D eigenvalue weighted by Gasteiger charge is -2.42. The van der Waals surface area contributed by atoms with Gasteiger partial charge in [0, 0.05) is 36.2 Å². The minimum atomic E-state index is -0.166. The molecule has 2 heterocycles. The summed E-state index contributed by atoms with van der Waals surface area (Å²) in [5, 5.41) is 6.50. The Bertz CT molecular complexity index is 788. The molecule has 1 amide bonds. The van der Waals surface area contributed by atoms with E-state index in [1.807, 2.05) is 20.2 Å². The second-order valence-corrected chi connectivity index (χ2v) is 8.25. The molecule has 5 nitrogen and oxygen atoms in total. The van der Waals surface area contributed by atoms with Crippen LogP contribution >= 0.6 is 34.5 Å². The molecule has 0 aliphatic carbocycles. The Morgan fingerprint density at radius 3 is 2.69 bits per heavy atom. The zero-order chi connectivity index (χ0) is 18.7. The molecule has 0 spiro atoms. The zero-order valence-electron chi connectivity index (χ0n) is 14.7. The van der Waals surface area contributed by atoms with Crippen molar-refractivity contribution in [3.8, 4) is 10.6 Å². The van der Waals surface area contributed by atoms with Crippen LogP contribution < -0.4 is 5.32 Å². The number of carbonyl (C=O) groups excluding carboxylic acids is 1. The van der Waals surface area contributed by atoms with E-state index in [1.54, 1.807) is 17.5 Å². The third kappa shape index (κ3) is 4.21. The molecule has 1 aliphatic heterocycles. The van der Waals surface area contributed by atoms with E-state index in [0.717, 1.165) is 23.4 Å². The molecule has 0 atom stereocenters. The molecule has 1 N–H and O–H groups in total. The van der Waals surface area contributed by atoms with E-state index in [1.165, 1.54) is 11.3 Å². The topological polar surface area (TPSA) is 54.5 Å². The van der Waals surface area contributed by atoms with Gasteiger partial charge in [0.2, 0.25) is 0 Å². The number of hydrogen-bond donors (Lipinski definition) is 1. The van der Waals surface area contributed by atoms with Gasteiger partial charge in [-0.2, -0.15) is 0 Å². The van der Waals surface area contributed by atoms with Crippen LogP contribution in [-0.4, -0.2) is 55.2 Å². The van der Waals surface area contributed by atoms with E-state index in [0.29, 0.717) is 35.5 Å². The van der Waals surface area contributed by atoms with Gasteiger partial charge in [-0.1, -0.05) is 29.3 Å². The molecular formula is C18H21Cl2N3O2S. The summed E-state index contributed by atoms with van der Waals surface area (Å²) in [6.45, 7) is 2.00. The lowest BCUT2D eigenvalue weighted by atomic mass is 9.88. The fraction of sp³-hybridized carbons (Fsp3) is 0.444. The lowest BCUT2D eigenvalue weighted by Crippen LogP contribution is -2.55. The molecule has 2 aromatic rings. The molecule has 1 saturated heterocycles. The molecule has 8 heteroatoms. The Labute approximate surface area is 167 Å². The number of ether oxygens (including phenoxy) is 1. The van der Waals surface area contributed by atoms with Crippen LogP contribution in [0.25, 0.3) is 10.6 Å². The maximum atomic E-state index is 12.6. The summed E-state index contributed by atoms with van der Waals surface area (Å²) in [7, 11) is 4.09. The number of aromatic nitrogens is 1. The lowest BCUT2D eigenvalue weighted by molar-refractivity contribution is -0.00659. The zero-order valence-corrected chi connectivity index (χ0v) is 17.0. The van der Waals surface area contributed by atoms with Gasteiger partial charge in [0.15, 0.2) is 0 Å². The average molecular weight is 414 g/mol. The van der Waals surface area contributed by atoms with Crippen molar-refractivity contribution in [1.29, 1.82) is 0 Å². The van der Waals surface area contributed by atoms with Crippen molar-refractivity contribution in [1.82, 2.24) is 15.2 Å². The number of rotatable bonds is 5. The first-order chi connectivity index (χ1) is 12.4. The number of benzene rings is 1. The monoisotopic (exact) mass is 413 g/mol. The van der Waals surface area contributed by atoms with E-state index in [4.69, 9.17) is 27.9 Å². The molecule has 1 aromatic carbocycles. The number of hydrogen-bond acceptors (Lipinski definition) is 5. The summed E-state index contributed by atoms with van der Waals surface area (Å²) in [5.41, 5.74) is 1.19. The number of carbonyl (C=O) groups is 1. The Hall–Kier alpha value is -1.18. The van der Waals surface area contributed by atoms with Gasteiger partial charge < -0.3 is 15.0 Å². The Balaban J connectivity index is 1.69. The highest BCUT2D eigenvalue weighted by molar-refractivity contribution is 7.13. The summed E-state index contributed by atoms with van der Waals surface area (Å²) in [4.78, 5) is 19.2. The van der Waals surface area contributed by atoms with Crippen molar-refractivity contribution in [2.24, 2.45) is 0 Å². The first-order valence-corrected chi connectivity index (χ1v) is 9.99. The Morgan fingerprint density at radius 1 is 1.31 bits per heavy atom. The minimum Gasteiger partial charge on any atom is -0.381 e. The van der Waals surface area contributed by atoms with Crippen molar-refractivity contribution in [3.63, 3.8) is 0 Å².